The fourth-order valence-electron chi connectivity index (χ4n) is 4.70. The number of Topliss-reactive ketones (excluding diaryl/α,β-unsaturated/α-hetero) is 3. The number of ether oxygens (including phenoxy) is 1. The van der Waals surface area contributed by atoms with Gasteiger partial charge in [0.25, 0.3) is 5.69 Å². The Balaban J connectivity index is 1.68. The van der Waals surface area contributed by atoms with Gasteiger partial charge >= 0.3 is 0 Å². The minimum Gasteiger partial charge on any atom is -0.484 e. The van der Waals surface area contributed by atoms with Crippen LogP contribution in [0.1, 0.15) is 42.7 Å². The zero-order valence-corrected chi connectivity index (χ0v) is 19.5. The van der Waals surface area contributed by atoms with Crippen LogP contribution < -0.4 is 4.74 Å². The normalized spacial score (nSPS) is 16.5. The SMILES string of the molecule is O=C(c1ccccc1)C(C(=O)c1ccccc1)C1C(=O)c2ccccc2OC1c1ccc([N+](=O)[O-])cc1. The molecule has 0 aliphatic carbocycles. The van der Waals surface area contributed by atoms with E-state index in [-0.39, 0.29) is 11.3 Å². The Kier molecular flexibility index (Phi) is 6.43. The van der Waals surface area contributed by atoms with E-state index in [0.717, 1.165) is 0 Å². The van der Waals surface area contributed by atoms with E-state index >= 15 is 0 Å². The van der Waals surface area contributed by atoms with Gasteiger partial charge in [0.1, 0.15) is 11.9 Å². The first-order valence-corrected chi connectivity index (χ1v) is 11.7. The lowest BCUT2D eigenvalue weighted by Gasteiger charge is -2.36. The van der Waals surface area contributed by atoms with Crippen molar-refractivity contribution in [2.24, 2.45) is 11.8 Å². The van der Waals surface area contributed by atoms with Crippen LogP contribution >= 0.6 is 0 Å². The van der Waals surface area contributed by atoms with E-state index in [1.54, 1.807) is 84.9 Å². The van der Waals surface area contributed by atoms with Crippen LogP contribution in [-0.2, 0) is 0 Å². The van der Waals surface area contributed by atoms with E-state index in [1.165, 1.54) is 24.3 Å². The van der Waals surface area contributed by atoms with Gasteiger partial charge in [-0.3, -0.25) is 24.5 Å². The zero-order valence-electron chi connectivity index (χ0n) is 19.5. The molecule has 0 fully saturated rings. The number of benzene rings is 4. The highest BCUT2D eigenvalue weighted by atomic mass is 16.6. The standard InChI is InChI=1S/C30H21NO6/c32-27(19-9-3-1-4-10-19)25(28(33)20-11-5-2-6-12-20)26-29(34)23-13-7-8-14-24(23)37-30(26)21-15-17-22(18-16-21)31(35)36/h1-18,25-26,30H. The van der Waals surface area contributed by atoms with Crippen molar-refractivity contribution in [2.45, 2.75) is 6.10 Å². The Labute approximate surface area is 212 Å². The minimum absolute atomic E-state index is 0.125. The molecule has 0 spiro atoms. The minimum atomic E-state index is -1.38. The summed E-state index contributed by atoms with van der Waals surface area (Å²) >= 11 is 0. The summed E-state index contributed by atoms with van der Waals surface area (Å²) in [6.45, 7) is 0. The monoisotopic (exact) mass is 491 g/mol. The van der Waals surface area contributed by atoms with Crippen molar-refractivity contribution in [1.82, 2.24) is 0 Å². The van der Waals surface area contributed by atoms with Crippen LogP contribution in [0, 0.1) is 22.0 Å². The fraction of sp³-hybridized carbons (Fsp3) is 0.100. The van der Waals surface area contributed by atoms with Crippen molar-refractivity contribution < 1.29 is 24.0 Å². The van der Waals surface area contributed by atoms with E-state index < -0.39 is 40.2 Å². The quantitative estimate of drug-likeness (QED) is 0.138. The Bertz CT molecular complexity index is 1430. The lowest BCUT2D eigenvalue weighted by atomic mass is 9.71. The first kappa shape index (κ1) is 23.8. The number of carbonyl (C=O) groups is 3. The third-order valence-corrected chi connectivity index (χ3v) is 6.51. The van der Waals surface area contributed by atoms with Gasteiger partial charge in [-0.05, 0) is 29.8 Å². The second-order valence-electron chi connectivity index (χ2n) is 8.71. The second-order valence-corrected chi connectivity index (χ2v) is 8.71. The predicted octanol–water partition coefficient (Wildman–Crippen LogP) is 5.91. The topological polar surface area (TPSA) is 104 Å². The van der Waals surface area contributed by atoms with Gasteiger partial charge in [0, 0.05) is 23.3 Å². The Morgan fingerprint density at radius 2 is 1.24 bits per heavy atom. The molecule has 7 heteroatoms. The van der Waals surface area contributed by atoms with Gasteiger partial charge < -0.3 is 4.74 Å². The summed E-state index contributed by atoms with van der Waals surface area (Å²) in [5.41, 5.74) is 1.19. The van der Waals surface area contributed by atoms with E-state index in [9.17, 15) is 24.5 Å². The summed E-state index contributed by atoms with van der Waals surface area (Å²) < 4.78 is 6.26. The van der Waals surface area contributed by atoms with Crippen LogP contribution in [0.3, 0.4) is 0 Å². The van der Waals surface area contributed by atoms with Crippen molar-refractivity contribution in [3.05, 3.63) is 142 Å². The fourth-order valence-corrected chi connectivity index (χ4v) is 4.70. The molecule has 5 rings (SSSR count). The zero-order chi connectivity index (χ0) is 25.9. The van der Waals surface area contributed by atoms with Crippen molar-refractivity contribution in [3.63, 3.8) is 0 Å². The first-order valence-electron chi connectivity index (χ1n) is 11.7. The Morgan fingerprint density at radius 3 is 1.78 bits per heavy atom. The Hall–Kier alpha value is -4.91. The molecule has 0 amide bonds. The number of nitro benzene ring substituents is 1. The molecule has 4 aromatic carbocycles. The van der Waals surface area contributed by atoms with Crippen LogP contribution in [0.2, 0.25) is 0 Å². The van der Waals surface area contributed by atoms with Gasteiger partial charge in [-0.15, -0.1) is 0 Å². The molecule has 0 saturated heterocycles. The molecule has 0 bridgehead atoms. The van der Waals surface area contributed by atoms with E-state index in [0.29, 0.717) is 22.4 Å². The summed E-state index contributed by atoms with van der Waals surface area (Å²) in [4.78, 5) is 52.5. The van der Waals surface area contributed by atoms with Crippen molar-refractivity contribution in [2.75, 3.05) is 0 Å². The molecule has 1 aliphatic rings. The highest BCUT2D eigenvalue weighted by Crippen LogP contribution is 2.44. The number of hydrogen-bond donors (Lipinski definition) is 0. The molecular weight excluding hydrogens is 470 g/mol. The number of ketones is 3. The van der Waals surface area contributed by atoms with E-state index in [2.05, 4.69) is 0 Å². The predicted molar refractivity (Wildman–Crippen MR) is 136 cm³/mol. The van der Waals surface area contributed by atoms with Gasteiger partial charge in [-0.25, -0.2) is 0 Å². The summed E-state index contributed by atoms with van der Waals surface area (Å²) in [6.07, 6.45) is -1.02. The third kappa shape index (κ3) is 4.54. The van der Waals surface area contributed by atoms with Crippen LogP contribution in [0.4, 0.5) is 5.69 Å². The lowest BCUT2D eigenvalue weighted by molar-refractivity contribution is -0.384. The van der Waals surface area contributed by atoms with Crippen molar-refractivity contribution >= 4 is 23.0 Å². The maximum absolute atomic E-state index is 14.0. The molecular formula is C30H21NO6. The van der Waals surface area contributed by atoms with Crippen LogP contribution in [0.5, 0.6) is 5.75 Å². The number of carbonyl (C=O) groups excluding carboxylic acids is 3. The molecule has 2 atom stereocenters. The summed E-state index contributed by atoms with van der Waals surface area (Å²) in [7, 11) is 0. The van der Waals surface area contributed by atoms with Gasteiger partial charge in [-0.2, -0.15) is 0 Å². The van der Waals surface area contributed by atoms with Crippen LogP contribution in [0.25, 0.3) is 0 Å². The molecule has 0 saturated carbocycles. The third-order valence-electron chi connectivity index (χ3n) is 6.51. The second kappa shape index (κ2) is 9.99. The van der Waals surface area contributed by atoms with Gasteiger partial charge in [0.2, 0.25) is 0 Å². The molecule has 1 heterocycles. The van der Waals surface area contributed by atoms with E-state index in [4.69, 9.17) is 4.74 Å². The number of fused-ring (bicyclic) bond motifs is 1. The summed E-state index contributed by atoms with van der Waals surface area (Å²) in [5, 5.41) is 11.2. The van der Waals surface area contributed by atoms with Gasteiger partial charge in [0.15, 0.2) is 17.3 Å². The average molecular weight is 491 g/mol. The maximum atomic E-state index is 14.0. The molecule has 0 radical (unpaired) electrons. The number of hydrogen-bond acceptors (Lipinski definition) is 6. The number of non-ortho nitro benzene ring substituents is 1. The first-order chi connectivity index (χ1) is 18.0. The smallest absolute Gasteiger partial charge is 0.269 e. The molecule has 7 nitrogen and oxygen atoms in total. The number of nitro groups is 1. The Morgan fingerprint density at radius 1 is 0.730 bits per heavy atom. The number of nitrogens with zero attached hydrogens (tertiary/aromatic N) is 1. The van der Waals surface area contributed by atoms with Crippen molar-refractivity contribution in [3.8, 4) is 5.75 Å². The highest BCUT2D eigenvalue weighted by Gasteiger charge is 2.49. The van der Waals surface area contributed by atoms with Crippen LogP contribution in [-0.4, -0.2) is 22.3 Å². The summed E-state index contributed by atoms with van der Waals surface area (Å²) in [5.74, 6) is -3.65. The molecule has 4 aromatic rings. The molecule has 0 N–H and O–H groups in total. The van der Waals surface area contributed by atoms with Crippen molar-refractivity contribution in [1.29, 1.82) is 0 Å². The maximum Gasteiger partial charge on any atom is 0.269 e. The highest BCUT2D eigenvalue weighted by molar-refractivity contribution is 6.20. The molecule has 2 unspecified atom stereocenters. The molecule has 182 valence electrons. The number of rotatable bonds is 7. The van der Waals surface area contributed by atoms with Gasteiger partial charge in [0.05, 0.1) is 22.3 Å². The van der Waals surface area contributed by atoms with E-state index in [1.807, 2.05) is 0 Å². The average Bonchev–Trinajstić information content (AvgIpc) is 2.95. The van der Waals surface area contributed by atoms with Gasteiger partial charge in [-0.1, -0.05) is 72.8 Å². The summed E-state index contributed by atoms with van der Waals surface area (Å²) in [6, 6.07) is 29.0. The van der Waals surface area contributed by atoms with Crippen LogP contribution in [0.15, 0.2) is 109 Å². The molecule has 1 aliphatic heterocycles. The number of para-hydroxylation sites is 1. The lowest BCUT2D eigenvalue weighted by Crippen LogP contribution is -2.43. The largest absolute Gasteiger partial charge is 0.484 e. The molecule has 37 heavy (non-hydrogen) atoms. The molecule has 0 aromatic heterocycles.